The second-order valence-corrected chi connectivity index (χ2v) is 10.4. The molecule has 1 aliphatic heterocycles. The predicted molar refractivity (Wildman–Crippen MR) is 133 cm³/mol. The van der Waals surface area contributed by atoms with Gasteiger partial charge in [0, 0.05) is 11.9 Å². The minimum absolute atomic E-state index is 0.0993. The van der Waals surface area contributed by atoms with Crippen LogP contribution in [0.2, 0.25) is 0 Å². The minimum atomic E-state index is -0.873. The van der Waals surface area contributed by atoms with Gasteiger partial charge in [-0.25, -0.2) is 9.98 Å². The van der Waals surface area contributed by atoms with E-state index < -0.39 is 11.5 Å². The summed E-state index contributed by atoms with van der Waals surface area (Å²) < 4.78 is 1.09. The van der Waals surface area contributed by atoms with Gasteiger partial charge in [-0.1, -0.05) is 18.2 Å². The number of hydrogen-bond donors (Lipinski definition) is 1. The summed E-state index contributed by atoms with van der Waals surface area (Å²) in [4.78, 5) is 25.4. The van der Waals surface area contributed by atoms with Gasteiger partial charge >= 0.3 is 0 Å². The molecule has 2 N–H and O–H groups in total. The van der Waals surface area contributed by atoms with Crippen LogP contribution in [0, 0.1) is 18.3 Å². The number of amides is 1. The van der Waals surface area contributed by atoms with Crippen LogP contribution in [0.1, 0.15) is 33.9 Å². The third kappa shape index (κ3) is 3.50. The number of rotatable bonds is 3. The first-order valence-corrected chi connectivity index (χ1v) is 12.1. The maximum Gasteiger partial charge on any atom is 0.239 e. The van der Waals surface area contributed by atoms with E-state index in [1.54, 1.807) is 35.8 Å². The molecule has 1 aliphatic rings. The number of guanidine groups is 1. The van der Waals surface area contributed by atoms with Crippen molar-refractivity contribution in [3.63, 3.8) is 0 Å². The number of thiazole rings is 1. The van der Waals surface area contributed by atoms with E-state index in [4.69, 9.17) is 10.7 Å². The molecular formula is C25H21N5OS2. The van der Waals surface area contributed by atoms with E-state index in [1.807, 2.05) is 55.6 Å². The van der Waals surface area contributed by atoms with Gasteiger partial charge in [0.05, 0.1) is 32.8 Å². The standard InChI is InChI=1S/C25H21N5OS2/c1-14-28-19-10-17(7-8-20(19)33-14)22-23(31)30(3)24(27)29-25(22,2)21-11-18(13-32-21)16-6-4-5-15(9-16)12-26/h4-11,13,22H,1-3H3,(H2,27,29)/t22-,25+/m0/s1. The van der Waals surface area contributed by atoms with Crippen molar-refractivity contribution in [2.75, 3.05) is 7.05 Å². The summed E-state index contributed by atoms with van der Waals surface area (Å²) in [5.74, 6) is -0.443. The molecule has 2 aromatic carbocycles. The predicted octanol–water partition coefficient (Wildman–Crippen LogP) is 4.99. The van der Waals surface area contributed by atoms with Crippen LogP contribution in [0.25, 0.3) is 21.3 Å². The lowest BCUT2D eigenvalue weighted by atomic mass is 9.77. The van der Waals surface area contributed by atoms with Gasteiger partial charge in [0.1, 0.15) is 5.54 Å². The maximum absolute atomic E-state index is 13.5. The number of benzene rings is 2. The molecule has 0 spiro atoms. The van der Waals surface area contributed by atoms with Crippen LogP contribution in [0.15, 0.2) is 58.9 Å². The average Bonchev–Trinajstić information content (AvgIpc) is 3.44. The van der Waals surface area contributed by atoms with Crippen LogP contribution < -0.4 is 5.73 Å². The van der Waals surface area contributed by atoms with Gasteiger partial charge < -0.3 is 5.73 Å². The Kier molecular flexibility index (Phi) is 5.04. The van der Waals surface area contributed by atoms with E-state index in [2.05, 4.69) is 17.1 Å². The zero-order valence-corrected chi connectivity index (χ0v) is 20.0. The summed E-state index contributed by atoms with van der Waals surface area (Å²) in [6.45, 7) is 3.95. The van der Waals surface area contributed by atoms with E-state index in [9.17, 15) is 10.1 Å². The Morgan fingerprint density at radius 2 is 2.00 bits per heavy atom. The molecule has 0 saturated carbocycles. The van der Waals surface area contributed by atoms with Crippen molar-refractivity contribution in [2.45, 2.75) is 25.3 Å². The van der Waals surface area contributed by atoms with Gasteiger partial charge in [-0.3, -0.25) is 9.69 Å². The molecule has 0 bridgehead atoms. The van der Waals surface area contributed by atoms with Gasteiger partial charge in [-0.15, -0.1) is 22.7 Å². The van der Waals surface area contributed by atoms with Crippen LogP contribution in [0.3, 0.4) is 0 Å². The second kappa shape index (κ2) is 7.80. The van der Waals surface area contributed by atoms with Crippen molar-refractivity contribution in [2.24, 2.45) is 10.7 Å². The first-order valence-electron chi connectivity index (χ1n) is 10.4. The molecular weight excluding hydrogens is 450 g/mol. The first kappa shape index (κ1) is 21.3. The minimum Gasteiger partial charge on any atom is -0.369 e. The Morgan fingerprint density at radius 1 is 1.18 bits per heavy atom. The third-order valence-electron chi connectivity index (χ3n) is 6.11. The summed E-state index contributed by atoms with van der Waals surface area (Å²) in [5.41, 5.74) is 9.60. The number of likely N-dealkylation sites (N-methyl/N-ethyl adjacent to an activating group) is 1. The number of carbonyl (C=O) groups is 1. The van der Waals surface area contributed by atoms with Crippen LogP contribution in [0.5, 0.6) is 0 Å². The van der Waals surface area contributed by atoms with E-state index in [1.165, 1.54) is 4.90 Å². The molecule has 33 heavy (non-hydrogen) atoms. The van der Waals surface area contributed by atoms with E-state index in [-0.39, 0.29) is 11.9 Å². The number of hydrogen-bond acceptors (Lipinski definition) is 7. The molecule has 0 radical (unpaired) electrons. The Labute approximate surface area is 199 Å². The molecule has 8 heteroatoms. The lowest BCUT2D eigenvalue weighted by molar-refractivity contribution is -0.130. The van der Waals surface area contributed by atoms with Gasteiger partial charge in [-0.2, -0.15) is 5.26 Å². The molecule has 0 saturated heterocycles. The molecule has 2 aromatic heterocycles. The summed E-state index contributed by atoms with van der Waals surface area (Å²) in [6.07, 6.45) is 0. The van der Waals surface area contributed by atoms with Gasteiger partial charge in [0.25, 0.3) is 0 Å². The van der Waals surface area contributed by atoms with E-state index >= 15 is 0 Å². The van der Waals surface area contributed by atoms with Crippen LogP contribution >= 0.6 is 22.7 Å². The van der Waals surface area contributed by atoms with Crippen molar-refractivity contribution in [1.82, 2.24) is 9.88 Å². The smallest absolute Gasteiger partial charge is 0.239 e. The average molecular weight is 472 g/mol. The zero-order valence-electron chi connectivity index (χ0n) is 18.4. The summed E-state index contributed by atoms with van der Waals surface area (Å²) in [7, 11) is 1.66. The number of fused-ring (bicyclic) bond motifs is 1. The number of aliphatic imine (C=N–C) groups is 1. The van der Waals surface area contributed by atoms with E-state index in [0.717, 1.165) is 36.8 Å². The Bertz CT molecular complexity index is 1480. The largest absolute Gasteiger partial charge is 0.369 e. The van der Waals surface area contributed by atoms with Crippen molar-refractivity contribution in [3.8, 4) is 17.2 Å². The molecule has 5 rings (SSSR count). The number of aromatic nitrogens is 1. The lowest BCUT2D eigenvalue weighted by Gasteiger charge is -2.40. The second-order valence-electron chi connectivity index (χ2n) is 8.30. The van der Waals surface area contributed by atoms with Crippen molar-refractivity contribution < 1.29 is 4.79 Å². The number of carbonyl (C=O) groups excluding carboxylic acids is 1. The summed E-state index contributed by atoms with van der Waals surface area (Å²) in [6, 6.07) is 17.7. The third-order valence-corrected chi connectivity index (χ3v) is 8.21. The summed E-state index contributed by atoms with van der Waals surface area (Å²) >= 11 is 3.18. The number of nitrogens with two attached hydrogens (primary N) is 1. The normalized spacial score (nSPS) is 20.7. The number of nitrogens with zero attached hydrogens (tertiary/aromatic N) is 4. The molecule has 0 fully saturated rings. The van der Waals surface area contributed by atoms with E-state index in [0.29, 0.717) is 5.56 Å². The van der Waals surface area contributed by atoms with Gasteiger partial charge in [-0.05, 0) is 66.2 Å². The summed E-state index contributed by atoms with van der Waals surface area (Å²) in [5, 5.41) is 12.3. The highest BCUT2D eigenvalue weighted by molar-refractivity contribution is 7.18. The molecule has 164 valence electrons. The quantitative estimate of drug-likeness (QED) is 0.455. The van der Waals surface area contributed by atoms with Crippen molar-refractivity contribution >= 4 is 44.8 Å². The van der Waals surface area contributed by atoms with Gasteiger partial charge in [0.2, 0.25) is 5.91 Å². The first-order chi connectivity index (χ1) is 15.8. The Hall–Kier alpha value is -3.54. The molecule has 0 unspecified atom stereocenters. The topological polar surface area (TPSA) is 95.4 Å². The fourth-order valence-corrected chi connectivity index (χ4v) is 6.21. The fourth-order valence-electron chi connectivity index (χ4n) is 4.35. The Morgan fingerprint density at radius 3 is 2.79 bits per heavy atom. The molecule has 3 heterocycles. The highest BCUT2D eigenvalue weighted by Gasteiger charge is 2.48. The number of thiophene rings is 1. The molecule has 1 amide bonds. The van der Waals surface area contributed by atoms with Crippen molar-refractivity contribution in [3.05, 3.63) is 74.9 Å². The SMILES string of the molecule is Cc1nc2cc([C@H]3C(=O)N(C)C(N)=N[C@]3(C)c3cc(-c4cccc(C#N)c4)cs3)ccc2s1. The van der Waals surface area contributed by atoms with Crippen molar-refractivity contribution in [1.29, 1.82) is 5.26 Å². The Balaban J connectivity index is 1.64. The highest BCUT2D eigenvalue weighted by Crippen LogP contribution is 2.47. The van der Waals surface area contributed by atoms with Crippen LogP contribution in [0.4, 0.5) is 0 Å². The highest BCUT2D eigenvalue weighted by atomic mass is 32.1. The number of aryl methyl sites for hydroxylation is 1. The monoisotopic (exact) mass is 471 g/mol. The number of nitriles is 1. The fraction of sp³-hybridized carbons (Fsp3) is 0.200. The molecule has 2 atom stereocenters. The maximum atomic E-state index is 13.5. The van der Waals surface area contributed by atoms with Crippen LogP contribution in [-0.2, 0) is 10.3 Å². The lowest BCUT2D eigenvalue weighted by Crippen LogP contribution is -2.52. The van der Waals surface area contributed by atoms with Gasteiger partial charge in [0.15, 0.2) is 5.96 Å². The van der Waals surface area contributed by atoms with Crippen LogP contribution in [-0.4, -0.2) is 28.8 Å². The molecule has 0 aliphatic carbocycles. The zero-order chi connectivity index (χ0) is 23.3. The molecule has 4 aromatic rings. The molecule has 6 nitrogen and oxygen atoms in total.